The van der Waals surface area contributed by atoms with Gasteiger partial charge in [0.1, 0.15) is 5.75 Å². The third-order valence-corrected chi connectivity index (χ3v) is 7.65. The quantitative estimate of drug-likeness (QED) is 0.407. The first-order valence-corrected chi connectivity index (χ1v) is 10.9. The monoisotopic (exact) mass is 352 g/mol. The molecule has 3 aromatic rings. The fourth-order valence-electron chi connectivity index (χ4n) is 3.63. The van der Waals surface area contributed by atoms with E-state index in [9.17, 15) is 0 Å². The Kier molecular flexibility index (Phi) is 6.21. The Bertz CT molecular complexity index is 817. The van der Waals surface area contributed by atoms with E-state index in [1.165, 1.54) is 54.3 Å². The molecule has 0 spiro atoms. The molecule has 0 radical (unpaired) electrons. The second-order valence-electron chi connectivity index (χ2n) is 6.69. The van der Waals surface area contributed by atoms with Crippen molar-refractivity contribution in [2.75, 3.05) is 7.11 Å². The van der Waals surface area contributed by atoms with Crippen LogP contribution in [0.4, 0.5) is 0 Å². The molecule has 1 atom stereocenters. The van der Waals surface area contributed by atoms with Crippen LogP contribution in [0.5, 0.6) is 5.75 Å². The highest BCUT2D eigenvalue weighted by molar-refractivity contribution is 7.63. The summed E-state index contributed by atoms with van der Waals surface area (Å²) >= 11 is 0. The van der Waals surface area contributed by atoms with E-state index >= 15 is 0 Å². The van der Waals surface area contributed by atoms with Crippen molar-refractivity contribution in [3.8, 4) is 11.1 Å². The molecule has 0 saturated heterocycles. The summed E-state index contributed by atoms with van der Waals surface area (Å²) < 4.78 is 5.55. The molecular formula is C23H29OP. The first-order valence-electron chi connectivity index (χ1n) is 9.55. The number of benzene rings is 2. The molecule has 0 amide bonds. The van der Waals surface area contributed by atoms with Gasteiger partial charge in [-0.1, -0.05) is 70.6 Å². The topological polar surface area (TPSA) is 9.23 Å². The van der Waals surface area contributed by atoms with Crippen LogP contribution in [0.1, 0.15) is 50.4 Å². The number of ether oxygens (including phenoxy) is 1. The number of hydrogen-bond acceptors (Lipinski definition) is 1. The summed E-state index contributed by atoms with van der Waals surface area (Å²) in [5.41, 5.74) is 1.63. The van der Waals surface area contributed by atoms with E-state index in [0.29, 0.717) is 0 Å². The zero-order chi connectivity index (χ0) is 17.6. The molecular weight excluding hydrogens is 323 g/mol. The first kappa shape index (κ1) is 18.1. The average Bonchev–Trinajstić information content (AvgIpc) is 2.97. The van der Waals surface area contributed by atoms with Gasteiger partial charge in [0.15, 0.2) is 0 Å². The van der Waals surface area contributed by atoms with Crippen molar-refractivity contribution in [2.24, 2.45) is 0 Å². The lowest BCUT2D eigenvalue weighted by molar-refractivity contribution is 0.415. The third kappa shape index (κ3) is 3.77. The van der Waals surface area contributed by atoms with Gasteiger partial charge in [-0.15, -0.1) is 0 Å². The molecule has 1 aromatic heterocycles. The molecule has 25 heavy (non-hydrogen) atoms. The minimum Gasteiger partial charge on any atom is -0.497 e. The summed E-state index contributed by atoms with van der Waals surface area (Å²) in [6, 6.07) is 17.8. The Morgan fingerprint density at radius 2 is 1.60 bits per heavy atom. The van der Waals surface area contributed by atoms with Gasteiger partial charge in [-0.25, -0.2) is 0 Å². The fraction of sp³-hybridized carbons (Fsp3) is 0.391. The van der Waals surface area contributed by atoms with Crippen LogP contribution in [0.15, 0.2) is 48.5 Å². The van der Waals surface area contributed by atoms with Crippen molar-refractivity contribution in [2.45, 2.75) is 52.4 Å². The highest BCUT2D eigenvalue weighted by atomic mass is 31.1. The van der Waals surface area contributed by atoms with Gasteiger partial charge in [0.25, 0.3) is 0 Å². The molecule has 0 saturated carbocycles. The molecule has 0 fully saturated rings. The predicted octanol–water partition coefficient (Wildman–Crippen LogP) is 7.51. The number of hydrogen-bond donors (Lipinski definition) is 0. The largest absolute Gasteiger partial charge is 0.497 e. The Balaban J connectivity index is 2.27. The lowest BCUT2D eigenvalue weighted by atomic mass is 10.0. The summed E-state index contributed by atoms with van der Waals surface area (Å²) in [5, 5.41) is 6.16. The number of methoxy groups -OCH3 is 1. The van der Waals surface area contributed by atoms with Gasteiger partial charge >= 0.3 is 0 Å². The lowest BCUT2D eigenvalue weighted by Crippen LogP contribution is -1.91. The number of aryl methyl sites for hydroxylation is 1. The van der Waals surface area contributed by atoms with Crippen LogP contribution in [-0.2, 0) is 12.8 Å². The van der Waals surface area contributed by atoms with Crippen LogP contribution < -0.4 is 4.74 Å². The summed E-state index contributed by atoms with van der Waals surface area (Å²) in [6.07, 6.45) is 7.49. The maximum atomic E-state index is 5.55. The van der Waals surface area contributed by atoms with Crippen molar-refractivity contribution in [3.63, 3.8) is 0 Å². The Morgan fingerprint density at radius 3 is 2.28 bits per heavy atom. The van der Waals surface area contributed by atoms with Gasteiger partial charge in [-0.2, -0.15) is 0 Å². The smallest absolute Gasteiger partial charge is 0.119 e. The summed E-state index contributed by atoms with van der Waals surface area (Å²) in [5.74, 6) is 0.980. The minimum absolute atomic E-state index is 0.409. The van der Waals surface area contributed by atoms with Gasteiger partial charge < -0.3 is 4.74 Å². The molecule has 0 aliphatic rings. The molecule has 2 heteroatoms. The van der Waals surface area contributed by atoms with Crippen LogP contribution in [-0.4, -0.2) is 7.11 Å². The van der Waals surface area contributed by atoms with Crippen LogP contribution in [0.2, 0.25) is 0 Å². The van der Waals surface area contributed by atoms with Gasteiger partial charge in [-0.05, 0) is 59.4 Å². The van der Waals surface area contributed by atoms with Gasteiger partial charge in [0, 0.05) is 5.12 Å². The fourth-order valence-corrected chi connectivity index (χ4v) is 6.57. The van der Waals surface area contributed by atoms with E-state index in [-0.39, 0.29) is 0 Å². The Labute approximate surface area is 153 Å². The second-order valence-corrected chi connectivity index (χ2v) is 8.90. The van der Waals surface area contributed by atoms with Crippen molar-refractivity contribution >= 4 is 18.0 Å². The summed E-state index contributed by atoms with van der Waals surface area (Å²) in [6.45, 7) is 4.58. The van der Waals surface area contributed by atoms with Crippen molar-refractivity contribution in [1.82, 2.24) is 0 Å². The summed E-state index contributed by atoms with van der Waals surface area (Å²) in [7, 11) is 1.36. The molecule has 0 aliphatic heterocycles. The highest BCUT2D eigenvalue weighted by Gasteiger charge is 2.19. The van der Waals surface area contributed by atoms with Gasteiger partial charge in [0.05, 0.1) is 7.11 Å². The second kappa shape index (κ2) is 8.59. The number of unbranched alkanes of at least 4 members (excludes halogenated alkanes) is 2. The van der Waals surface area contributed by atoms with Crippen molar-refractivity contribution in [1.29, 1.82) is 0 Å². The van der Waals surface area contributed by atoms with Crippen LogP contribution in [0.25, 0.3) is 15.8 Å². The van der Waals surface area contributed by atoms with Crippen LogP contribution >= 0.6 is 7.53 Å². The lowest BCUT2D eigenvalue weighted by Gasteiger charge is -2.10. The van der Waals surface area contributed by atoms with Crippen LogP contribution in [0.3, 0.4) is 0 Å². The standard InChI is InChI=1S/C23H29OP/c1-4-6-13-20-21-16-15-18(24-3)17-23(21)25(22(20)14-7-5-2)19-11-9-8-10-12-19/h8-12,15-17H,4-7,13-14H2,1-3H3. The zero-order valence-corrected chi connectivity index (χ0v) is 16.6. The molecule has 1 heterocycles. The zero-order valence-electron chi connectivity index (χ0n) is 15.7. The van der Waals surface area contributed by atoms with E-state index in [4.69, 9.17) is 4.74 Å². The van der Waals surface area contributed by atoms with Gasteiger partial charge in [0.2, 0.25) is 0 Å². The molecule has 132 valence electrons. The molecule has 0 bridgehead atoms. The molecule has 3 rings (SSSR count). The van der Waals surface area contributed by atoms with E-state index in [2.05, 4.69) is 62.4 Å². The van der Waals surface area contributed by atoms with E-state index < -0.39 is 7.53 Å². The SMILES string of the molecule is CCCCc1c(CCCC)p(-c2ccccc2)c2cc(OC)ccc12. The van der Waals surface area contributed by atoms with E-state index in [1.54, 1.807) is 18.0 Å². The van der Waals surface area contributed by atoms with Crippen molar-refractivity contribution in [3.05, 3.63) is 59.4 Å². The number of rotatable bonds is 8. The third-order valence-electron chi connectivity index (χ3n) is 4.95. The average molecular weight is 352 g/mol. The first-order chi connectivity index (χ1) is 12.3. The van der Waals surface area contributed by atoms with Crippen LogP contribution in [0, 0.1) is 0 Å². The highest BCUT2D eigenvalue weighted by Crippen LogP contribution is 2.55. The van der Waals surface area contributed by atoms with E-state index in [0.717, 1.165) is 5.75 Å². The summed E-state index contributed by atoms with van der Waals surface area (Å²) in [4.78, 5) is 0. The molecule has 1 unspecified atom stereocenters. The number of fused-ring (bicyclic) bond motifs is 1. The normalized spacial score (nSPS) is 11.9. The molecule has 0 N–H and O–H groups in total. The van der Waals surface area contributed by atoms with Crippen molar-refractivity contribution < 1.29 is 4.74 Å². The Hall–Kier alpha value is -1.72. The Morgan fingerprint density at radius 1 is 0.880 bits per heavy atom. The van der Waals surface area contributed by atoms with E-state index in [1.807, 2.05) is 0 Å². The van der Waals surface area contributed by atoms with Gasteiger partial charge in [-0.3, -0.25) is 0 Å². The molecule has 1 nitrogen and oxygen atoms in total. The minimum atomic E-state index is -0.409. The maximum absolute atomic E-state index is 5.55. The predicted molar refractivity (Wildman–Crippen MR) is 112 cm³/mol. The molecule has 2 aromatic carbocycles. The maximum Gasteiger partial charge on any atom is 0.119 e. The molecule has 0 aliphatic carbocycles.